The topological polar surface area (TPSA) is 46.6 Å². The predicted octanol–water partition coefficient (Wildman–Crippen LogP) is 2.77. The Hall–Kier alpha value is -1.01. The van der Waals surface area contributed by atoms with Gasteiger partial charge in [-0.15, -0.1) is 23.1 Å². The fourth-order valence-electron chi connectivity index (χ4n) is 1.77. The number of ether oxygens (including phenoxy) is 1. The van der Waals surface area contributed by atoms with E-state index in [1.54, 1.807) is 17.9 Å². The number of hydrogen-bond acceptors (Lipinski definition) is 5. The molecule has 0 saturated carbocycles. The SMILES string of the molecule is CCCN1C(=O)CSc2sc(C(=O)OCC)cc21. The van der Waals surface area contributed by atoms with Crippen LogP contribution in [-0.2, 0) is 9.53 Å². The van der Waals surface area contributed by atoms with Crippen LogP contribution in [0.15, 0.2) is 10.3 Å². The predicted molar refractivity (Wildman–Crippen MR) is 73.6 cm³/mol. The smallest absolute Gasteiger partial charge is 0.348 e. The molecule has 1 aliphatic rings. The number of fused-ring (bicyclic) bond motifs is 1. The van der Waals surface area contributed by atoms with Crippen molar-refractivity contribution in [3.05, 3.63) is 10.9 Å². The monoisotopic (exact) mass is 285 g/mol. The number of carbonyl (C=O) groups is 2. The molecule has 0 atom stereocenters. The van der Waals surface area contributed by atoms with E-state index in [4.69, 9.17) is 4.74 Å². The van der Waals surface area contributed by atoms with Crippen LogP contribution in [0.5, 0.6) is 0 Å². The third-order valence-electron chi connectivity index (χ3n) is 2.52. The van der Waals surface area contributed by atoms with Crippen molar-refractivity contribution in [2.24, 2.45) is 0 Å². The van der Waals surface area contributed by atoms with E-state index in [2.05, 4.69) is 0 Å². The van der Waals surface area contributed by atoms with Gasteiger partial charge in [0.25, 0.3) is 0 Å². The first-order valence-corrected chi connectivity index (χ1v) is 7.71. The highest BCUT2D eigenvalue weighted by Crippen LogP contribution is 2.42. The molecule has 0 bridgehead atoms. The molecule has 6 heteroatoms. The van der Waals surface area contributed by atoms with E-state index in [1.165, 1.54) is 23.1 Å². The van der Waals surface area contributed by atoms with Crippen LogP contribution < -0.4 is 4.90 Å². The van der Waals surface area contributed by atoms with E-state index in [0.717, 1.165) is 16.3 Å². The van der Waals surface area contributed by atoms with Gasteiger partial charge in [-0.05, 0) is 19.4 Å². The quantitative estimate of drug-likeness (QED) is 0.798. The minimum atomic E-state index is -0.304. The molecular weight excluding hydrogens is 270 g/mol. The molecule has 18 heavy (non-hydrogen) atoms. The van der Waals surface area contributed by atoms with Crippen molar-refractivity contribution in [2.45, 2.75) is 24.5 Å². The van der Waals surface area contributed by atoms with Crippen LogP contribution in [0.4, 0.5) is 5.69 Å². The summed E-state index contributed by atoms with van der Waals surface area (Å²) in [5, 5.41) is 0. The summed E-state index contributed by atoms with van der Waals surface area (Å²) in [6, 6.07) is 1.78. The van der Waals surface area contributed by atoms with Gasteiger partial charge in [0.1, 0.15) is 4.88 Å². The second-order valence-electron chi connectivity index (χ2n) is 3.84. The van der Waals surface area contributed by atoms with Crippen molar-refractivity contribution in [2.75, 3.05) is 23.8 Å². The summed E-state index contributed by atoms with van der Waals surface area (Å²) in [6.45, 7) is 4.89. The minimum Gasteiger partial charge on any atom is -0.462 e. The summed E-state index contributed by atoms with van der Waals surface area (Å²) in [5.74, 6) is 0.263. The normalized spacial score (nSPS) is 14.6. The lowest BCUT2D eigenvalue weighted by atomic mass is 10.3. The highest BCUT2D eigenvalue weighted by molar-refractivity contribution is 8.02. The number of thioether (sulfide) groups is 1. The van der Waals surface area contributed by atoms with Crippen molar-refractivity contribution in [3.63, 3.8) is 0 Å². The van der Waals surface area contributed by atoms with Crippen molar-refractivity contribution in [3.8, 4) is 0 Å². The molecular formula is C12H15NO3S2. The van der Waals surface area contributed by atoms with Crippen LogP contribution in [0.1, 0.15) is 29.9 Å². The Morgan fingerprint density at radius 2 is 2.28 bits per heavy atom. The molecule has 0 N–H and O–H groups in total. The number of carbonyl (C=O) groups excluding carboxylic acids is 2. The molecule has 0 radical (unpaired) electrons. The molecule has 0 aliphatic carbocycles. The second kappa shape index (κ2) is 5.75. The molecule has 98 valence electrons. The van der Waals surface area contributed by atoms with Crippen LogP contribution in [0.3, 0.4) is 0 Å². The van der Waals surface area contributed by atoms with E-state index in [-0.39, 0.29) is 11.9 Å². The average molecular weight is 285 g/mol. The molecule has 0 aromatic carbocycles. The van der Waals surface area contributed by atoms with Crippen molar-refractivity contribution in [1.82, 2.24) is 0 Å². The second-order valence-corrected chi connectivity index (χ2v) is 6.13. The Bertz CT molecular complexity index is 470. The summed E-state index contributed by atoms with van der Waals surface area (Å²) in [5.41, 5.74) is 0.867. The van der Waals surface area contributed by atoms with Crippen LogP contribution in [0.25, 0.3) is 0 Å². The molecule has 1 aromatic heterocycles. The highest BCUT2D eigenvalue weighted by Gasteiger charge is 2.28. The standard InChI is InChI=1S/C12H15NO3S2/c1-3-5-13-8-6-9(11(15)16-4-2)18-12(8)17-7-10(13)14/h6H,3-5,7H2,1-2H3. The summed E-state index contributed by atoms with van der Waals surface area (Å²) in [7, 11) is 0. The zero-order chi connectivity index (χ0) is 13.1. The van der Waals surface area contributed by atoms with Gasteiger partial charge in [-0.2, -0.15) is 0 Å². The zero-order valence-corrected chi connectivity index (χ0v) is 12.0. The van der Waals surface area contributed by atoms with Gasteiger partial charge < -0.3 is 9.64 Å². The number of hydrogen-bond donors (Lipinski definition) is 0. The molecule has 0 unspecified atom stereocenters. The van der Waals surface area contributed by atoms with Gasteiger partial charge >= 0.3 is 5.97 Å². The van der Waals surface area contributed by atoms with Gasteiger partial charge in [-0.3, -0.25) is 4.79 Å². The van der Waals surface area contributed by atoms with E-state index >= 15 is 0 Å². The molecule has 1 amide bonds. The third kappa shape index (κ3) is 2.54. The van der Waals surface area contributed by atoms with Gasteiger partial charge in [0.05, 0.1) is 22.3 Å². The Labute approximate surface area is 114 Å². The van der Waals surface area contributed by atoms with Crippen molar-refractivity contribution in [1.29, 1.82) is 0 Å². The Balaban J connectivity index is 2.29. The van der Waals surface area contributed by atoms with Crippen LogP contribution >= 0.6 is 23.1 Å². The lowest BCUT2D eigenvalue weighted by Gasteiger charge is -2.25. The number of amides is 1. The van der Waals surface area contributed by atoms with Gasteiger partial charge in [-0.25, -0.2) is 4.79 Å². The maximum Gasteiger partial charge on any atom is 0.348 e. The first-order chi connectivity index (χ1) is 8.67. The molecule has 0 fully saturated rings. The molecule has 1 aliphatic heterocycles. The summed E-state index contributed by atoms with van der Waals surface area (Å²) in [4.78, 5) is 25.9. The fraction of sp³-hybridized carbons (Fsp3) is 0.500. The minimum absolute atomic E-state index is 0.113. The average Bonchev–Trinajstić information content (AvgIpc) is 2.77. The number of anilines is 1. The zero-order valence-electron chi connectivity index (χ0n) is 10.4. The summed E-state index contributed by atoms with van der Waals surface area (Å²) >= 11 is 2.91. The molecule has 4 nitrogen and oxygen atoms in total. The fourth-order valence-corrected chi connectivity index (χ4v) is 3.96. The number of esters is 1. The number of nitrogens with zero attached hydrogens (tertiary/aromatic N) is 1. The Morgan fingerprint density at radius 1 is 1.50 bits per heavy atom. The van der Waals surface area contributed by atoms with E-state index < -0.39 is 0 Å². The maximum atomic E-state index is 11.8. The van der Waals surface area contributed by atoms with Crippen molar-refractivity contribution >= 4 is 40.7 Å². The summed E-state index contributed by atoms with van der Waals surface area (Å²) in [6.07, 6.45) is 0.903. The Morgan fingerprint density at radius 3 is 2.94 bits per heavy atom. The van der Waals surface area contributed by atoms with Crippen LogP contribution in [-0.4, -0.2) is 30.8 Å². The van der Waals surface area contributed by atoms with E-state index in [1.807, 2.05) is 6.92 Å². The molecule has 0 spiro atoms. The van der Waals surface area contributed by atoms with E-state index in [0.29, 0.717) is 23.8 Å². The first kappa shape index (κ1) is 13.4. The lowest BCUT2D eigenvalue weighted by molar-refractivity contribution is -0.116. The van der Waals surface area contributed by atoms with Crippen molar-refractivity contribution < 1.29 is 14.3 Å². The largest absolute Gasteiger partial charge is 0.462 e. The number of thiophene rings is 1. The van der Waals surface area contributed by atoms with Gasteiger partial charge in [0, 0.05) is 6.54 Å². The highest BCUT2D eigenvalue weighted by atomic mass is 32.2. The number of rotatable bonds is 4. The van der Waals surface area contributed by atoms with E-state index in [9.17, 15) is 9.59 Å². The van der Waals surface area contributed by atoms with Crippen LogP contribution in [0, 0.1) is 0 Å². The maximum absolute atomic E-state index is 11.8. The molecule has 0 saturated heterocycles. The summed E-state index contributed by atoms with van der Waals surface area (Å²) < 4.78 is 6.02. The lowest BCUT2D eigenvalue weighted by Crippen LogP contribution is -2.35. The Kier molecular flexibility index (Phi) is 4.29. The first-order valence-electron chi connectivity index (χ1n) is 5.91. The van der Waals surface area contributed by atoms with Gasteiger partial charge in [0.15, 0.2) is 0 Å². The van der Waals surface area contributed by atoms with Crippen LogP contribution in [0.2, 0.25) is 0 Å². The third-order valence-corrected chi connectivity index (χ3v) is 4.89. The molecule has 2 rings (SSSR count). The van der Waals surface area contributed by atoms with Gasteiger partial charge in [0.2, 0.25) is 5.91 Å². The molecule has 1 aromatic rings. The van der Waals surface area contributed by atoms with Gasteiger partial charge in [-0.1, -0.05) is 6.92 Å². The molecule has 2 heterocycles.